The fourth-order valence-corrected chi connectivity index (χ4v) is 2.58. The van der Waals surface area contributed by atoms with Gasteiger partial charge < -0.3 is 0 Å². The minimum absolute atomic E-state index is 0.00796. The van der Waals surface area contributed by atoms with Gasteiger partial charge in [-0.25, -0.2) is 9.36 Å². The second kappa shape index (κ2) is 5.79. The van der Waals surface area contributed by atoms with Crippen LogP contribution in [0.1, 0.15) is 24.1 Å². The topological polar surface area (TPSA) is 100 Å². The average Bonchev–Trinajstić information content (AvgIpc) is 3.33. The van der Waals surface area contributed by atoms with E-state index >= 15 is 0 Å². The molecule has 3 rings (SSSR count). The maximum Gasteiger partial charge on any atom is 0.353 e. The van der Waals surface area contributed by atoms with Crippen LogP contribution in [0.2, 0.25) is 0 Å². The van der Waals surface area contributed by atoms with Gasteiger partial charge in [0.15, 0.2) is 0 Å². The van der Waals surface area contributed by atoms with Crippen LogP contribution in [0.5, 0.6) is 0 Å². The van der Waals surface area contributed by atoms with Crippen LogP contribution < -0.4 is 11.2 Å². The molecule has 1 aliphatic rings. The standard InChI is InChI=1S/C15H16N4O4/c1-10-13(19(22)23)14(20)18(9-12-4-6-16-7-5-12)15(21)17(10)8-11-2-3-11/h4-7,11H,2-3,8-9H2,1H3. The highest BCUT2D eigenvalue weighted by atomic mass is 16.6. The number of nitro groups is 1. The lowest BCUT2D eigenvalue weighted by molar-refractivity contribution is -0.387. The lowest BCUT2D eigenvalue weighted by Crippen LogP contribution is -2.42. The predicted molar refractivity (Wildman–Crippen MR) is 82.4 cm³/mol. The molecule has 0 spiro atoms. The Bertz CT molecular complexity index is 866. The molecule has 120 valence electrons. The van der Waals surface area contributed by atoms with Gasteiger partial charge >= 0.3 is 16.9 Å². The van der Waals surface area contributed by atoms with Gasteiger partial charge in [0.2, 0.25) is 0 Å². The van der Waals surface area contributed by atoms with E-state index in [1.807, 2.05) is 0 Å². The van der Waals surface area contributed by atoms with Gasteiger partial charge in [0, 0.05) is 18.9 Å². The van der Waals surface area contributed by atoms with Crippen LogP contribution >= 0.6 is 0 Å². The summed E-state index contributed by atoms with van der Waals surface area (Å²) in [5.41, 5.74) is -1.07. The molecule has 2 aromatic heterocycles. The molecule has 0 N–H and O–H groups in total. The van der Waals surface area contributed by atoms with Gasteiger partial charge in [-0.05, 0) is 43.4 Å². The van der Waals surface area contributed by atoms with Crippen molar-refractivity contribution in [2.24, 2.45) is 5.92 Å². The summed E-state index contributed by atoms with van der Waals surface area (Å²) >= 11 is 0. The average molecular weight is 316 g/mol. The fourth-order valence-electron chi connectivity index (χ4n) is 2.58. The van der Waals surface area contributed by atoms with Crippen LogP contribution in [0.4, 0.5) is 5.69 Å². The van der Waals surface area contributed by atoms with E-state index in [0.29, 0.717) is 18.0 Å². The molecule has 1 aliphatic carbocycles. The van der Waals surface area contributed by atoms with Crippen molar-refractivity contribution < 1.29 is 4.92 Å². The molecular formula is C15H16N4O4. The van der Waals surface area contributed by atoms with Crippen LogP contribution in [0.3, 0.4) is 0 Å². The molecule has 0 radical (unpaired) electrons. The number of pyridine rings is 1. The minimum atomic E-state index is -0.860. The zero-order valence-corrected chi connectivity index (χ0v) is 12.6. The van der Waals surface area contributed by atoms with E-state index in [0.717, 1.165) is 17.4 Å². The maximum absolute atomic E-state index is 12.6. The van der Waals surface area contributed by atoms with Gasteiger partial charge in [-0.3, -0.25) is 24.5 Å². The molecule has 0 atom stereocenters. The molecule has 0 aliphatic heterocycles. The van der Waals surface area contributed by atoms with E-state index in [2.05, 4.69) is 4.98 Å². The fraction of sp³-hybridized carbons (Fsp3) is 0.400. The van der Waals surface area contributed by atoms with Crippen molar-refractivity contribution in [3.05, 3.63) is 66.7 Å². The Labute approximate surface area is 131 Å². The SMILES string of the molecule is Cc1c([N+](=O)[O-])c(=O)n(Cc2ccncc2)c(=O)n1CC1CC1. The Morgan fingerprint density at radius 3 is 2.48 bits per heavy atom. The first-order valence-electron chi connectivity index (χ1n) is 7.36. The molecule has 0 bridgehead atoms. The van der Waals surface area contributed by atoms with Crippen molar-refractivity contribution in [3.8, 4) is 0 Å². The first kappa shape index (κ1) is 15.1. The normalized spacial score (nSPS) is 14.0. The van der Waals surface area contributed by atoms with Crippen molar-refractivity contribution >= 4 is 5.69 Å². The number of hydrogen-bond acceptors (Lipinski definition) is 5. The quantitative estimate of drug-likeness (QED) is 0.607. The number of aromatic nitrogens is 3. The third-order valence-electron chi connectivity index (χ3n) is 4.07. The Morgan fingerprint density at radius 1 is 1.26 bits per heavy atom. The van der Waals surface area contributed by atoms with Gasteiger partial charge in [0.25, 0.3) is 0 Å². The molecule has 1 saturated carbocycles. The first-order chi connectivity index (χ1) is 11.0. The molecular weight excluding hydrogens is 300 g/mol. The van der Waals surface area contributed by atoms with Crippen LogP contribution in [-0.2, 0) is 13.1 Å². The molecule has 1 fully saturated rings. The van der Waals surface area contributed by atoms with Gasteiger partial charge in [-0.2, -0.15) is 0 Å². The summed E-state index contributed by atoms with van der Waals surface area (Å²) in [4.78, 5) is 39.5. The van der Waals surface area contributed by atoms with E-state index in [9.17, 15) is 19.7 Å². The van der Waals surface area contributed by atoms with Gasteiger partial charge in [0.1, 0.15) is 5.69 Å². The zero-order valence-electron chi connectivity index (χ0n) is 12.6. The van der Waals surface area contributed by atoms with E-state index in [4.69, 9.17) is 0 Å². The number of hydrogen-bond donors (Lipinski definition) is 0. The van der Waals surface area contributed by atoms with Gasteiger partial charge in [0.05, 0.1) is 11.5 Å². The van der Waals surface area contributed by atoms with Gasteiger partial charge in [-0.15, -0.1) is 0 Å². The van der Waals surface area contributed by atoms with E-state index in [1.54, 1.807) is 24.5 Å². The van der Waals surface area contributed by atoms with Gasteiger partial charge in [-0.1, -0.05) is 0 Å². The van der Waals surface area contributed by atoms with Crippen LogP contribution in [-0.4, -0.2) is 19.0 Å². The summed E-state index contributed by atoms with van der Waals surface area (Å²) in [6, 6.07) is 3.34. The molecule has 8 heteroatoms. The smallest absolute Gasteiger partial charge is 0.291 e. The predicted octanol–water partition coefficient (Wildman–Crippen LogP) is 1.08. The lowest BCUT2D eigenvalue weighted by atomic mass is 10.2. The molecule has 23 heavy (non-hydrogen) atoms. The second-order valence-corrected chi connectivity index (χ2v) is 5.77. The Balaban J connectivity index is 2.17. The molecule has 0 saturated heterocycles. The Morgan fingerprint density at radius 2 is 1.91 bits per heavy atom. The third-order valence-corrected chi connectivity index (χ3v) is 4.07. The molecule has 0 amide bonds. The number of nitrogens with zero attached hydrogens (tertiary/aromatic N) is 4. The van der Waals surface area contributed by atoms with Crippen LogP contribution in [0, 0.1) is 23.0 Å². The second-order valence-electron chi connectivity index (χ2n) is 5.77. The largest absolute Gasteiger partial charge is 0.353 e. The highest BCUT2D eigenvalue weighted by Crippen LogP contribution is 2.30. The van der Waals surface area contributed by atoms with E-state index in [1.165, 1.54) is 11.5 Å². The van der Waals surface area contributed by atoms with Crippen molar-refractivity contribution in [1.29, 1.82) is 0 Å². The highest BCUT2D eigenvalue weighted by Gasteiger charge is 2.29. The summed E-state index contributed by atoms with van der Waals surface area (Å²) in [6.07, 6.45) is 5.10. The van der Waals surface area contributed by atoms with E-state index < -0.39 is 21.9 Å². The van der Waals surface area contributed by atoms with Crippen molar-refractivity contribution in [2.75, 3.05) is 0 Å². The third kappa shape index (κ3) is 2.92. The zero-order chi connectivity index (χ0) is 16.6. The maximum atomic E-state index is 12.6. The summed E-state index contributed by atoms with van der Waals surface area (Å²) < 4.78 is 2.29. The number of rotatable bonds is 5. The van der Waals surface area contributed by atoms with Crippen molar-refractivity contribution in [1.82, 2.24) is 14.1 Å². The highest BCUT2D eigenvalue weighted by molar-refractivity contribution is 5.32. The molecule has 0 unspecified atom stereocenters. The summed E-state index contributed by atoms with van der Waals surface area (Å²) in [7, 11) is 0. The first-order valence-corrected chi connectivity index (χ1v) is 7.36. The van der Waals surface area contributed by atoms with Crippen molar-refractivity contribution in [3.63, 3.8) is 0 Å². The molecule has 8 nitrogen and oxygen atoms in total. The molecule has 2 aromatic rings. The summed E-state index contributed by atoms with van der Waals surface area (Å²) in [5, 5.41) is 11.3. The van der Waals surface area contributed by atoms with Crippen LogP contribution in [0.25, 0.3) is 0 Å². The van der Waals surface area contributed by atoms with Crippen LogP contribution in [0.15, 0.2) is 34.1 Å². The minimum Gasteiger partial charge on any atom is -0.291 e. The Kier molecular flexibility index (Phi) is 3.81. The monoisotopic (exact) mass is 316 g/mol. The van der Waals surface area contributed by atoms with E-state index in [-0.39, 0.29) is 12.2 Å². The summed E-state index contributed by atoms with van der Waals surface area (Å²) in [5.74, 6) is 0.359. The van der Waals surface area contributed by atoms with Crippen molar-refractivity contribution in [2.45, 2.75) is 32.9 Å². The molecule has 2 heterocycles. The Hall–Kier alpha value is -2.77. The lowest BCUT2D eigenvalue weighted by Gasteiger charge is -2.13. The molecule has 0 aromatic carbocycles. The summed E-state index contributed by atoms with van der Waals surface area (Å²) in [6.45, 7) is 1.87.